The lowest BCUT2D eigenvalue weighted by molar-refractivity contribution is 0.509. The van der Waals surface area contributed by atoms with Crippen molar-refractivity contribution in [2.45, 2.75) is 25.4 Å². The van der Waals surface area contributed by atoms with Crippen molar-refractivity contribution in [2.75, 3.05) is 6.54 Å². The molecule has 0 saturated carbocycles. The highest BCUT2D eigenvalue weighted by Gasteiger charge is 2.13. The molecule has 0 radical (unpaired) electrons. The minimum Gasteiger partial charge on any atom is -0.336 e. The van der Waals surface area contributed by atoms with Gasteiger partial charge in [0.1, 0.15) is 0 Å². The molecule has 1 aromatic rings. The molecule has 1 aliphatic rings. The predicted molar refractivity (Wildman–Crippen MR) is 43.3 cm³/mol. The molecule has 0 spiro atoms. The third kappa shape index (κ3) is 1.60. The fourth-order valence-electron chi connectivity index (χ4n) is 1.56. The number of aromatic nitrogens is 2. The molecule has 60 valence electrons. The molecule has 1 N–H and O–H groups in total. The first kappa shape index (κ1) is 6.85. The van der Waals surface area contributed by atoms with Gasteiger partial charge in [0.25, 0.3) is 0 Å². The van der Waals surface area contributed by atoms with Crippen molar-refractivity contribution in [3.05, 3.63) is 18.7 Å². The highest BCUT2D eigenvalue weighted by atomic mass is 15.1. The van der Waals surface area contributed by atoms with Gasteiger partial charge in [-0.05, 0) is 19.4 Å². The summed E-state index contributed by atoms with van der Waals surface area (Å²) in [5, 5.41) is 3.45. The normalized spacial score (nSPS) is 24.2. The maximum Gasteiger partial charge on any atom is 0.0946 e. The Bertz CT molecular complexity index is 199. The van der Waals surface area contributed by atoms with E-state index < -0.39 is 0 Å². The molecule has 1 aliphatic heterocycles. The number of nitrogens with zero attached hydrogens (tertiary/aromatic N) is 2. The maximum atomic E-state index is 4.00. The minimum atomic E-state index is 0.671. The van der Waals surface area contributed by atoms with Crippen LogP contribution in [0.25, 0.3) is 0 Å². The van der Waals surface area contributed by atoms with E-state index >= 15 is 0 Å². The van der Waals surface area contributed by atoms with Crippen molar-refractivity contribution in [2.24, 2.45) is 0 Å². The van der Waals surface area contributed by atoms with E-state index in [2.05, 4.69) is 14.9 Å². The zero-order valence-corrected chi connectivity index (χ0v) is 6.53. The summed E-state index contributed by atoms with van der Waals surface area (Å²) in [6.45, 7) is 2.25. The molecule has 0 amide bonds. The van der Waals surface area contributed by atoms with Crippen molar-refractivity contribution in [1.29, 1.82) is 0 Å². The molecular weight excluding hydrogens is 138 g/mol. The summed E-state index contributed by atoms with van der Waals surface area (Å²) in [5.41, 5.74) is 0. The Labute approximate surface area is 66.4 Å². The van der Waals surface area contributed by atoms with E-state index in [4.69, 9.17) is 0 Å². The van der Waals surface area contributed by atoms with Gasteiger partial charge >= 0.3 is 0 Å². The molecule has 11 heavy (non-hydrogen) atoms. The highest BCUT2D eigenvalue weighted by Crippen LogP contribution is 2.06. The van der Waals surface area contributed by atoms with Crippen LogP contribution in [0.2, 0.25) is 0 Å². The van der Waals surface area contributed by atoms with Gasteiger partial charge in [-0.2, -0.15) is 0 Å². The molecule has 3 heteroatoms. The van der Waals surface area contributed by atoms with Gasteiger partial charge in [0.05, 0.1) is 6.33 Å². The summed E-state index contributed by atoms with van der Waals surface area (Å²) >= 11 is 0. The zero-order valence-electron chi connectivity index (χ0n) is 6.53. The monoisotopic (exact) mass is 151 g/mol. The van der Waals surface area contributed by atoms with Gasteiger partial charge in [-0.1, -0.05) is 0 Å². The first-order chi connectivity index (χ1) is 5.45. The Morgan fingerprint density at radius 1 is 1.64 bits per heavy atom. The molecule has 3 nitrogen and oxygen atoms in total. The second-order valence-electron chi connectivity index (χ2n) is 3.05. The van der Waals surface area contributed by atoms with Crippen LogP contribution < -0.4 is 5.32 Å². The van der Waals surface area contributed by atoms with Crippen molar-refractivity contribution >= 4 is 0 Å². The Morgan fingerprint density at radius 2 is 2.64 bits per heavy atom. The molecule has 0 aliphatic carbocycles. The van der Waals surface area contributed by atoms with Gasteiger partial charge in [0.2, 0.25) is 0 Å². The van der Waals surface area contributed by atoms with Crippen molar-refractivity contribution in [3.63, 3.8) is 0 Å². The number of hydrogen-bond acceptors (Lipinski definition) is 2. The second-order valence-corrected chi connectivity index (χ2v) is 3.05. The summed E-state index contributed by atoms with van der Waals surface area (Å²) in [6.07, 6.45) is 8.34. The average molecular weight is 151 g/mol. The zero-order chi connectivity index (χ0) is 7.52. The van der Waals surface area contributed by atoms with Gasteiger partial charge < -0.3 is 9.88 Å². The maximum absolute atomic E-state index is 4.00. The van der Waals surface area contributed by atoms with Crippen LogP contribution >= 0.6 is 0 Å². The van der Waals surface area contributed by atoms with E-state index in [1.54, 1.807) is 0 Å². The molecule has 2 heterocycles. The molecular formula is C8H13N3. The van der Waals surface area contributed by atoms with E-state index in [9.17, 15) is 0 Å². The van der Waals surface area contributed by atoms with Gasteiger partial charge in [-0.3, -0.25) is 0 Å². The van der Waals surface area contributed by atoms with Crippen molar-refractivity contribution in [3.8, 4) is 0 Å². The molecule has 1 saturated heterocycles. The molecule has 1 atom stereocenters. The van der Waals surface area contributed by atoms with Crippen LogP contribution in [0.3, 0.4) is 0 Å². The van der Waals surface area contributed by atoms with Gasteiger partial charge in [-0.15, -0.1) is 0 Å². The Kier molecular flexibility index (Phi) is 1.90. The van der Waals surface area contributed by atoms with Gasteiger partial charge in [0.15, 0.2) is 0 Å². The van der Waals surface area contributed by atoms with Crippen LogP contribution in [-0.2, 0) is 6.54 Å². The third-order valence-electron chi connectivity index (χ3n) is 2.15. The smallest absolute Gasteiger partial charge is 0.0946 e. The van der Waals surface area contributed by atoms with Crippen LogP contribution in [0.1, 0.15) is 12.8 Å². The second kappa shape index (κ2) is 3.05. The number of imidazole rings is 1. The lowest BCUT2D eigenvalue weighted by Crippen LogP contribution is -2.26. The molecule has 1 aromatic heterocycles. The lowest BCUT2D eigenvalue weighted by Gasteiger charge is -2.09. The van der Waals surface area contributed by atoms with Gasteiger partial charge in [0, 0.05) is 25.0 Å². The molecule has 0 bridgehead atoms. The van der Waals surface area contributed by atoms with Crippen LogP contribution in [0, 0.1) is 0 Å². The summed E-state index contributed by atoms with van der Waals surface area (Å²) in [7, 11) is 0. The van der Waals surface area contributed by atoms with Crippen molar-refractivity contribution < 1.29 is 0 Å². The summed E-state index contributed by atoms with van der Waals surface area (Å²) < 4.78 is 2.13. The van der Waals surface area contributed by atoms with E-state index in [-0.39, 0.29) is 0 Å². The highest BCUT2D eigenvalue weighted by molar-refractivity contribution is 4.80. The summed E-state index contributed by atoms with van der Waals surface area (Å²) in [6, 6.07) is 0.671. The number of rotatable bonds is 2. The first-order valence-electron chi connectivity index (χ1n) is 4.14. The average Bonchev–Trinajstić information content (AvgIpc) is 2.60. The standard InChI is InChI=1S/C8H13N3/c1-2-8(10-3-1)6-11-5-4-9-7-11/h4-5,7-8,10H,1-3,6H2. The lowest BCUT2D eigenvalue weighted by atomic mass is 10.2. The van der Waals surface area contributed by atoms with Crippen LogP contribution in [0.15, 0.2) is 18.7 Å². The molecule has 1 unspecified atom stereocenters. The fraction of sp³-hybridized carbons (Fsp3) is 0.625. The molecule has 1 fully saturated rings. The van der Waals surface area contributed by atoms with Crippen LogP contribution in [-0.4, -0.2) is 22.1 Å². The van der Waals surface area contributed by atoms with Crippen molar-refractivity contribution in [1.82, 2.24) is 14.9 Å². The minimum absolute atomic E-state index is 0.671. The fourth-order valence-corrected chi connectivity index (χ4v) is 1.56. The van der Waals surface area contributed by atoms with E-state index in [1.807, 2.05) is 18.7 Å². The van der Waals surface area contributed by atoms with Crippen LogP contribution in [0.4, 0.5) is 0 Å². The molecule has 2 rings (SSSR count). The van der Waals surface area contributed by atoms with E-state index in [0.717, 1.165) is 6.54 Å². The summed E-state index contributed by atoms with van der Waals surface area (Å²) in [5.74, 6) is 0. The number of nitrogens with one attached hydrogen (secondary N) is 1. The summed E-state index contributed by atoms with van der Waals surface area (Å²) in [4.78, 5) is 4.00. The predicted octanol–water partition coefficient (Wildman–Crippen LogP) is 0.635. The van der Waals surface area contributed by atoms with Crippen LogP contribution in [0.5, 0.6) is 0 Å². The Hall–Kier alpha value is -0.830. The SMILES string of the molecule is c1cn(CC2CCCN2)cn1. The van der Waals surface area contributed by atoms with E-state index in [0.29, 0.717) is 6.04 Å². The quantitative estimate of drug-likeness (QED) is 0.672. The molecule has 0 aromatic carbocycles. The topological polar surface area (TPSA) is 29.9 Å². The van der Waals surface area contributed by atoms with E-state index in [1.165, 1.54) is 19.4 Å². The van der Waals surface area contributed by atoms with Gasteiger partial charge in [-0.25, -0.2) is 4.98 Å². The third-order valence-corrected chi connectivity index (χ3v) is 2.15. The largest absolute Gasteiger partial charge is 0.336 e. The Balaban J connectivity index is 1.90. The first-order valence-corrected chi connectivity index (χ1v) is 4.14. The number of hydrogen-bond donors (Lipinski definition) is 1. The Morgan fingerprint density at radius 3 is 3.27 bits per heavy atom.